The Kier molecular flexibility index (Phi) is 4.96. The summed E-state index contributed by atoms with van der Waals surface area (Å²) in [5, 5.41) is 13.2. The first-order valence-corrected chi connectivity index (χ1v) is 5.77. The maximum Gasteiger partial charge on any atom is 0.331 e. The highest BCUT2D eigenvalue weighted by molar-refractivity contribution is 6.10. The molecule has 7 heteroatoms. The van der Waals surface area contributed by atoms with E-state index in [-0.39, 0.29) is 11.1 Å². The van der Waals surface area contributed by atoms with Crippen molar-refractivity contribution in [1.82, 2.24) is 10.3 Å². The largest absolute Gasteiger partial charge is 0.478 e. The predicted octanol–water partition coefficient (Wildman–Crippen LogP) is 1.46. The lowest BCUT2D eigenvalue weighted by Crippen LogP contribution is -2.35. The number of aliphatic carboxylic acids is 1. The van der Waals surface area contributed by atoms with Crippen LogP contribution in [0.4, 0.5) is 10.5 Å². The molecule has 0 fully saturated rings. The molecule has 0 radical (unpaired) electrons. The van der Waals surface area contributed by atoms with Crippen LogP contribution < -0.4 is 10.6 Å². The van der Waals surface area contributed by atoms with Crippen molar-refractivity contribution in [2.75, 3.05) is 5.32 Å². The fraction of sp³-hybridized carbons (Fsp3) is 0.231. The molecule has 7 nitrogen and oxygen atoms in total. The first kappa shape index (κ1) is 15.4. The Morgan fingerprint density at radius 1 is 1.15 bits per heavy atom. The van der Waals surface area contributed by atoms with E-state index in [0.717, 1.165) is 5.69 Å². The number of amides is 3. The summed E-state index contributed by atoms with van der Waals surface area (Å²) in [5.74, 6) is -1.97. The number of anilines is 1. The molecule has 0 aliphatic rings. The van der Waals surface area contributed by atoms with Crippen LogP contribution in [0.1, 0.15) is 19.5 Å². The highest BCUT2D eigenvalue weighted by Crippen LogP contribution is 2.06. The summed E-state index contributed by atoms with van der Waals surface area (Å²) in [6, 6.07) is 2.59. The third-order valence-electron chi connectivity index (χ3n) is 2.62. The molecule has 0 atom stereocenters. The van der Waals surface area contributed by atoms with Crippen LogP contribution in [0.25, 0.3) is 0 Å². The molecule has 0 saturated heterocycles. The molecule has 20 heavy (non-hydrogen) atoms. The highest BCUT2D eigenvalue weighted by Gasteiger charge is 2.15. The first-order valence-electron chi connectivity index (χ1n) is 5.77. The summed E-state index contributed by atoms with van der Waals surface area (Å²) in [7, 11) is 0. The Bertz CT molecular complexity index is 576. The van der Waals surface area contributed by atoms with E-state index in [1.807, 2.05) is 5.32 Å². The normalized spacial score (nSPS) is 11.3. The number of hydrogen-bond donors (Lipinski definition) is 3. The van der Waals surface area contributed by atoms with Crippen LogP contribution in [0, 0.1) is 6.92 Å². The summed E-state index contributed by atoms with van der Waals surface area (Å²) in [4.78, 5) is 37.9. The van der Waals surface area contributed by atoms with Gasteiger partial charge in [0.2, 0.25) is 0 Å². The number of aromatic nitrogens is 1. The number of carboxylic acid groups (broad SMARTS) is 1. The van der Waals surface area contributed by atoms with Gasteiger partial charge in [-0.1, -0.05) is 0 Å². The van der Waals surface area contributed by atoms with Gasteiger partial charge in [0.1, 0.15) is 0 Å². The van der Waals surface area contributed by atoms with Gasteiger partial charge in [-0.15, -0.1) is 0 Å². The molecule has 1 rings (SSSR count). The molecule has 0 aromatic carbocycles. The lowest BCUT2D eigenvalue weighted by molar-refractivity contribution is -0.133. The summed E-state index contributed by atoms with van der Waals surface area (Å²) in [5.41, 5.74) is 1.07. The SMILES string of the molecule is C/C(C(=O)O)=C(/C)C(=O)NC(=O)Nc1ccc(C)nc1. The first-order chi connectivity index (χ1) is 9.31. The Hall–Kier alpha value is -2.70. The van der Waals surface area contributed by atoms with Crippen molar-refractivity contribution in [2.24, 2.45) is 0 Å². The van der Waals surface area contributed by atoms with E-state index in [4.69, 9.17) is 5.11 Å². The summed E-state index contributed by atoms with van der Waals surface area (Å²) >= 11 is 0. The fourth-order valence-corrected chi connectivity index (χ4v) is 1.23. The van der Waals surface area contributed by atoms with E-state index in [9.17, 15) is 14.4 Å². The second kappa shape index (κ2) is 6.46. The van der Waals surface area contributed by atoms with Gasteiger partial charge < -0.3 is 10.4 Å². The van der Waals surface area contributed by atoms with E-state index >= 15 is 0 Å². The van der Waals surface area contributed by atoms with Gasteiger partial charge in [-0.2, -0.15) is 0 Å². The standard InChI is InChI=1S/C13H15N3O4/c1-7-4-5-10(6-14-7)15-13(20)16-11(17)8(2)9(3)12(18)19/h4-6H,1-3H3,(H,18,19)(H2,15,16,17,20)/b9-8+. The molecule has 0 bridgehead atoms. The molecule has 3 amide bonds. The summed E-state index contributed by atoms with van der Waals surface area (Å²) in [6.45, 7) is 4.43. The number of nitrogens with one attached hydrogen (secondary N) is 2. The van der Waals surface area contributed by atoms with Crippen molar-refractivity contribution < 1.29 is 19.5 Å². The lowest BCUT2D eigenvalue weighted by Gasteiger charge is -2.07. The van der Waals surface area contributed by atoms with Crippen LogP contribution in [0.2, 0.25) is 0 Å². The van der Waals surface area contributed by atoms with Gasteiger partial charge in [0, 0.05) is 16.8 Å². The van der Waals surface area contributed by atoms with Gasteiger partial charge >= 0.3 is 12.0 Å². The number of nitrogens with zero attached hydrogens (tertiary/aromatic N) is 1. The third kappa shape index (κ3) is 4.20. The average molecular weight is 277 g/mol. The molecule has 1 aromatic heterocycles. The number of carbonyl (C=O) groups excluding carboxylic acids is 2. The number of hydrogen-bond acceptors (Lipinski definition) is 4. The molecule has 0 saturated carbocycles. The van der Waals surface area contributed by atoms with Gasteiger partial charge in [0.05, 0.1) is 11.9 Å². The Morgan fingerprint density at radius 2 is 1.80 bits per heavy atom. The smallest absolute Gasteiger partial charge is 0.331 e. The number of rotatable bonds is 3. The second-order valence-electron chi connectivity index (χ2n) is 4.15. The van der Waals surface area contributed by atoms with Gasteiger partial charge in [-0.3, -0.25) is 15.1 Å². The molecule has 1 heterocycles. The number of imide groups is 1. The number of carbonyl (C=O) groups is 3. The zero-order valence-corrected chi connectivity index (χ0v) is 11.4. The Labute approximate surface area is 115 Å². The minimum absolute atomic E-state index is 0.0327. The molecule has 0 aliphatic carbocycles. The van der Waals surface area contributed by atoms with E-state index < -0.39 is 17.9 Å². The molecule has 0 unspecified atom stereocenters. The van der Waals surface area contributed by atoms with E-state index in [1.165, 1.54) is 20.0 Å². The Morgan fingerprint density at radius 3 is 2.30 bits per heavy atom. The number of carboxylic acids is 1. The quantitative estimate of drug-likeness (QED) is 0.725. The molecule has 0 spiro atoms. The van der Waals surface area contributed by atoms with Gasteiger partial charge in [-0.25, -0.2) is 9.59 Å². The van der Waals surface area contributed by atoms with Crippen LogP contribution >= 0.6 is 0 Å². The topological polar surface area (TPSA) is 108 Å². The van der Waals surface area contributed by atoms with E-state index in [2.05, 4.69) is 10.3 Å². The minimum atomic E-state index is -1.21. The molecular weight excluding hydrogens is 262 g/mol. The van der Waals surface area contributed by atoms with Crippen molar-refractivity contribution in [1.29, 1.82) is 0 Å². The minimum Gasteiger partial charge on any atom is -0.478 e. The second-order valence-corrected chi connectivity index (χ2v) is 4.15. The van der Waals surface area contributed by atoms with Crippen molar-refractivity contribution in [2.45, 2.75) is 20.8 Å². The highest BCUT2D eigenvalue weighted by atomic mass is 16.4. The maximum absolute atomic E-state index is 11.6. The van der Waals surface area contributed by atoms with Crippen molar-refractivity contribution >= 4 is 23.6 Å². The van der Waals surface area contributed by atoms with Gasteiger partial charge in [0.25, 0.3) is 5.91 Å². The monoisotopic (exact) mass is 277 g/mol. The number of pyridine rings is 1. The molecule has 106 valence electrons. The van der Waals surface area contributed by atoms with Crippen molar-refractivity contribution in [3.63, 3.8) is 0 Å². The molecule has 3 N–H and O–H groups in total. The van der Waals surface area contributed by atoms with Crippen LogP contribution in [-0.4, -0.2) is 28.0 Å². The predicted molar refractivity (Wildman–Crippen MR) is 72.1 cm³/mol. The van der Waals surface area contributed by atoms with Crippen LogP contribution in [-0.2, 0) is 9.59 Å². The van der Waals surface area contributed by atoms with Crippen LogP contribution in [0.3, 0.4) is 0 Å². The van der Waals surface area contributed by atoms with Gasteiger partial charge in [-0.05, 0) is 32.9 Å². The maximum atomic E-state index is 11.6. The van der Waals surface area contributed by atoms with E-state index in [1.54, 1.807) is 19.1 Å². The molecular formula is C13H15N3O4. The summed E-state index contributed by atoms with van der Waals surface area (Å²) in [6.07, 6.45) is 1.45. The number of aryl methyl sites for hydroxylation is 1. The fourth-order valence-electron chi connectivity index (χ4n) is 1.23. The zero-order chi connectivity index (χ0) is 15.3. The summed E-state index contributed by atoms with van der Waals surface area (Å²) < 4.78 is 0. The molecule has 0 aliphatic heterocycles. The van der Waals surface area contributed by atoms with Crippen LogP contribution in [0.5, 0.6) is 0 Å². The third-order valence-corrected chi connectivity index (χ3v) is 2.62. The van der Waals surface area contributed by atoms with Crippen molar-refractivity contribution in [3.8, 4) is 0 Å². The molecule has 1 aromatic rings. The zero-order valence-electron chi connectivity index (χ0n) is 11.4. The lowest BCUT2D eigenvalue weighted by atomic mass is 10.1. The van der Waals surface area contributed by atoms with Crippen LogP contribution in [0.15, 0.2) is 29.5 Å². The number of urea groups is 1. The Balaban J connectivity index is 2.67. The van der Waals surface area contributed by atoms with Gasteiger partial charge in [0.15, 0.2) is 0 Å². The average Bonchev–Trinajstić information content (AvgIpc) is 2.39. The van der Waals surface area contributed by atoms with Crippen molar-refractivity contribution in [3.05, 3.63) is 35.2 Å². The van der Waals surface area contributed by atoms with E-state index in [0.29, 0.717) is 5.69 Å².